The minimum absolute atomic E-state index is 0.465. The molecule has 1 aromatic rings. The average molecular weight is 271 g/mol. The summed E-state index contributed by atoms with van der Waals surface area (Å²) < 4.78 is 0. The van der Waals surface area contributed by atoms with Crippen LogP contribution in [0.2, 0.25) is 0 Å². The van der Waals surface area contributed by atoms with Crippen LogP contribution in [0, 0.1) is 5.92 Å². The van der Waals surface area contributed by atoms with Gasteiger partial charge in [0.25, 0.3) is 0 Å². The van der Waals surface area contributed by atoms with Gasteiger partial charge in [0.1, 0.15) is 5.78 Å². The van der Waals surface area contributed by atoms with E-state index >= 15 is 0 Å². The average Bonchev–Trinajstić information content (AvgIpc) is 2.52. The van der Waals surface area contributed by atoms with Crippen molar-refractivity contribution in [2.24, 2.45) is 5.92 Å². The van der Waals surface area contributed by atoms with Gasteiger partial charge in [-0.1, -0.05) is 36.8 Å². The Morgan fingerprint density at radius 2 is 1.60 bits per heavy atom. The fourth-order valence-electron chi connectivity index (χ4n) is 3.91. The largest absolute Gasteiger partial charge is 0.300 e. The van der Waals surface area contributed by atoms with Gasteiger partial charge in [0.15, 0.2) is 0 Å². The van der Waals surface area contributed by atoms with Crippen molar-refractivity contribution in [1.29, 1.82) is 0 Å². The Bertz CT molecular complexity index is 426. The first kappa shape index (κ1) is 13.8. The van der Waals surface area contributed by atoms with Crippen LogP contribution in [-0.4, -0.2) is 23.8 Å². The van der Waals surface area contributed by atoms with Crippen molar-refractivity contribution in [2.45, 2.75) is 51.0 Å². The van der Waals surface area contributed by atoms with Gasteiger partial charge in [0.2, 0.25) is 0 Å². The second kappa shape index (κ2) is 6.53. The molecule has 1 aliphatic carbocycles. The van der Waals surface area contributed by atoms with E-state index in [2.05, 4.69) is 35.2 Å². The summed E-state index contributed by atoms with van der Waals surface area (Å²) in [5, 5.41) is 0. The maximum absolute atomic E-state index is 11.5. The molecule has 1 heterocycles. The van der Waals surface area contributed by atoms with Gasteiger partial charge in [-0.3, -0.25) is 9.69 Å². The van der Waals surface area contributed by atoms with E-state index in [1.807, 2.05) is 0 Å². The van der Waals surface area contributed by atoms with E-state index in [0.29, 0.717) is 17.7 Å². The number of hydrogen-bond acceptors (Lipinski definition) is 2. The van der Waals surface area contributed by atoms with Crippen LogP contribution < -0.4 is 0 Å². The highest BCUT2D eigenvalue weighted by Gasteiger charge is 2.32. The molecule has 2 heteroatoms. The van der Waals surface area contributed by atoms with E-state index in [4.69, 9.17) is 0 Å². The zero-order valence-corrected chi connectivity index (χ0v) is 12.3. The third-order valence-electron chi connectivity index (χ3n) is 4.96. The van der Waals surface area contributed by atoms with E-state index in [1.165, 1.54) is 37.9 Å². The lowest BCUT2D eigenvalue weighted by Crippen LogP contribution is -2.38. The Balaban J connectivity index is 1.81. The van der Waals surface area contributed by atoms with Crippen LogP contribution in [-0.2, 0) is 4.79 Å². The van der Waals surface area contributed by atoms with Crippen LogP contribution in [0.15, 0.2) is 30.3 Å². The Labute approximate surface area is 122 Å². The van der Waals surface area contributed by atoms with Gasteiger partial charge >= 0.3 is 0 Å². The number of Topliss-reactive ketones (excluding diaryl/α,β-unsaturated/α-hetero) is 1. The van der Waals surface area contributed by atoms with Gasteiger partial charge in [-0.25, -0.2) is 0 Å². The highest BCUT2D eigenvalue weighted by atomic mass is 16.1. The molecule has 0 aromatic heterocycles. The van der Waals surface area contributed by atoms with Crippen LogP contribution in [0.4, 0.5) is 0 Å². The number of rotatable bonds is 3. The van der Waals surface area contributed by atoms with Crippen molar-refractivity contribution < 1.29 is 4.79 Å². The maximum Gasteiger partial charge on any atom is 0.132 e. The molecule has 108 valence electrons. The lowest BCUT2D eigenvalue weighted by Gasteiger charge is -2.40. The van der Waals surface area contributed by atoms with Crippen molar-refractivity contribution >= 4 is 5.78 Å². The Morgan fingerprint density at radius 1 is 0.950 bits per heavy atom. The van der Waals surface area contributed by atoms with E-state index in [9.17, 15) is 4.79 Å². The number of piperidine rings is 1. The fraction of sp³-hybridized carbons (Fsp3) is 0.611. The highest BCUT2D eigenvalue weighted by molar-refractivity contribution is 5.79. The molecule has 1 aromatic carbocycles. The third-order valence-corrected chi connectivity index (χ3v) is 4.96. The molecule has 2 fully saturated rings. The standard InChI is InChI=1S/C18H25NO/c20-17-11-9-16(10-12-17)18(15-7-3-1-4-8-15)19-13-5-2-6-14-19/h1,3-4,7-8,16,18H,2,5-6,9-14H2. The Kier molecular flexibility index (Phi) is 4.51. The maximum atomic E-state index is 11.5. The van der Waals surface area contributed by atoms with Crippen molar-refractivity contribution in [3.05, 3.63) is 35.9 Å². The monoisotopic (exact) mass is 271 g/mol. The topological polar surface area (TPSA) is 20.3 Å². The van der Waals surface area contributed by atoms with Crippen molar-refractivity contribution in [2.75, 3.05) is 13.1 Å². The van der Waals surface area contributed by atoms with Gasteiger partial charge in [0, 0.05) is 18.9 Å². The molecule has 2 nitrogen and oxygen atoms in total. The summed E-state index contributed by atoms with van der Waals surface area (Å²) in [6.45, 7) is 2.45. The van der Waals surface area contributed by atoms with Crippen LogP contribution >= 0.6 is 0 Å². The van der Waals surface area contributed by atoms with E-state index in [1.54, 1.807) is 0 Å². The quantitative estimate of drug-likeness (QED) is 0.829. The Hall–Kier alpha value is -1.15. The Morgan fingerprint density at radius 3 is 2.25 bits per heavy atom. The fourth-order valence-corrected chi connectivity index (χ4v) is 3.91. The predicted molar refractivity (Wildman–Crippen MR) is 81.6 cm³/mol. The summed E-state index contributed by atoms with van der Waals surface area (Å²) in [6.07, 6.45) is 7.78. The summed E-state index contributed by atoms with van der Waals surface area (Å²) in [7, 11) is 0. The highest BCUT2D eigenvalue weighted by Crippen LogP contribution is 2.38. The van der Waals surface area contributed by atoms with E-state index in [0.717, 1.165) is 25.7 Å². The van der Waals surface area contributed by atoms with Crippen LogP contribution in [0.3, 0.4) is 0 Å². The van der Waals surface area contributed by atoms with Gasteiger partial charge in [-0.2, -0.15) is 0 Å². The number of ketones is 1. The molecular weight excluding hydrogens is 246 g/mol. The number of likely N-dealkylation sites (tertiary alicyclic amines) is 1. The van der Waals surface area contributed by atoms with E-state index < -0.39 is 0 Å². The second-order valence-corrected chi connectivity index (χ2v) is 6.33. The SMILES string of the molecule is O=C1CCC(C(c2ccccc2)N2CCCCC2)CC1. The lowest BCUT2D eigenvalue weighted by molar-refractivity contribution is -0.121. The molecule has 2 aliphatic rings. The summed E-state index contributed by atoms with van der Waals surface area (Å²) in [4.78, 5) is 14.2. The molecule has 1 atom stereocenters. The number of carbonyl (C=O) groups excluding carboxylic acids is 1. The molecule has 20 heavy (non-hydrogen) atoms. The summed E-state index contributed by atoms with van der Waals surface area (Å²) >= 11 is 0. The lowest BCUT2D eigenvalue weighted by atomic mass is 9.79. The van der Waals surface area contributed by atoms with Crippen molar-refractivity contribution in [1.82, 2.24) is 4.90 Å². The molecule has 1 saturated carbocycles. The number of carbonyl (C=O) groups is 1. The molecule has 3 rings (SSSR count). The number of nitrogens with zero attached hydrogens (tertiary/aromatic N) is 1. The zero-order valence-electron chi connectivity index (χ0n) is 12.3. The first-order valence-corrected chi connectivity index (χ1v) is 8.15. The second-order valence-electron chi connectivity index (χ2n) is 6.33. The van der Waals surface area contributed by atoms with Gasteiger partial charge in [0.05, 0.1) is 0 Å². The smallest absolute Gasteiger partial charge is 0.132 e. The number of hydrogen-bond donors (Lipinski definition) is 0. The van der Waals surface area contributed by atoms with Gasteiger partial charge in [-0.05, 0) is 50.3 Å². The summed E-state index contributed by atoms with van der Waals surface area (Å²) in [5.41, 5.74) is 1.45. The molecule has 1 aliphatic heterocycles. The first-order valence-electron chi connectivity index (χ1n) is 8.15. The minimum atomic E-state index is 0.465. The molecule has 0 spiro atoms. The van der Waals surface area contributed by atoms with Crippen molar-refractivity contribution in [3.8, 4) is 0 Å². The van der Waals surface area contributed by atoms with Crippen molar-refractivity contribution in [3.63, 3.8) is 0 Å². The van der Waals surface area contributed by atoms with Crippen LogP contribution in [0.5, 0.6) is 0 Å². The third kappa shape index (κ3) is 3.12. The van der Waals surface area contributed by atoms with Gasteiger partial charge in [-0.15, -0.1) is 0 Å². The van der Waals surface area contributed by atoms with E-state index in [-0.39, 0.29) is 0 Å². The molecule has 0 N–H and O–H groups in total. The molecule has 0 bridgehead atoms. The molecule has 1 saturated heterocycles. The van der Waals surface area contributed by atoms with Gasteiger partial charge < -0.3 is 0 Å². The molecule has 0 radical (unpaired) electrons. The zero-order chi connectivity index (χ0) is 13.8. The van der Waals surface area contributed by atoms with Crippen LogP contribution in [0.25, 0.3) is 0 Å². The molecular formula is C18H25NO. The summed E-state index contributed by atoms with van der Waals surface area (Å²) in [6, 6.07) is 11.5. The summed E-state index contributed by atoms with van der Waals surface area (Å²) in [5.74, 6) is 1.12. The minimum Gasteiger partial charge on any atom is -0.300 e. The van der Waals surface area contributed by atoms with Crippen LogP contribution in [0.1, 0.15) is 56.6 Å². The molecule has 0 amide bonds. The predicted octanol–water partition coefficient (Wildman–Crippen LogP) is 3.97. The normalized spacial score (nSPS) is 23.7. The first-order chi connectivity index (χ1) is 9.84. The molecule has 1 unspecified atom stereocenters. The number of benzene rings is 1.